The molecule has 0 aromatic rings. The van der Waals surface area contributed by atoms with Gasteiger partial charge in [0.05, 0.1) is 17.5 Å². The van der Waals surface area contributed by atoms with E-state index in [0.717, 1.165) is 29.6 Å². The average molecular weight is 328 g/mol. The highest BCUT2D eigenvalue weighted by Crippen LogP contribution is 2.73. The predicted molar refractivity (Wildman–Crippen MR) is 95.2 cm³/mol. The Kier molecular flexibility index (Phi) is 2.90. The Labute approximate surface area is 146 Å². The van der Waals surface area contributed by atoms with E-state index in [0.29, 0.717) is 23.9 Å². The number of hydrogen-bond donors (Lipinski definition) is 0. The Hall–Kier alpha value is -0.760. The molecule has 3 saturated carbocycles. The van der Waals surface area contributed by atoms with Crippen molar-refractivity contribution in [2.45, 2.75) is 65.3 Å². The summed E-state index contributed by atoms with van der Waals surface area (Å²) < 4.78 is 13.0. The van der Waals surface area contributed by atoms with E-state index in [2.05, 4.69) is 59.8 Å². The molecule has 0 spiro atoms. The van der Waals surface area contributed by atoms with Crippen LogP contribution in [0.2, 0.25) is 0 Å². The number of allylic oxidation sites excluding steroid dienone is 3. The van der Waals surface area contributed by atoms with E-state index in [4.69, 9.17) is 9.47 Å². The molecular weight excluding hydrogens is 296 g/mol. The first-order valence-corrected chi connectivity index (χ1v) is 9.91. The largest absolute Gasteiger partial charge is 0.492 e. The third kappa shape index (κ3) is 1.98. The second kappa shape index (κ2) is 4.50. The van der Waals surface area contributed by atoms with E-state index >= 15 is 0 Å². The normalized spacial score (nSPS) is 50.6. The summed E-state index contributed by atoms with van der Waals surface area (Å²) in [5.74, 6) is 7.28. The molecule has 5 rings (SSSR count). The van der Waals surface area contributed by atoms with Gasteiger partial charge in [-0.3, -0.25) is 0 Å². The molecule has 0 aromatic heterocycles. The zero-order valence-electron chi connectivity index (χ0n) is 16.0. The first kappa shape index (κ1) is 15.5. The third-order valence-corrected chi connectivity index (χ3v) is 7.12. The molecule has 3 fully saturated rings. The maximum Gasteiger partial charge on any atom is 0.100 e. The summed E-state index contributed by atoms with van der Waals surface area (Å²) in [5, 5.41) is 0. The Balaban J connectivity index is 1.49. The topological polar surface area (TPSA) is 18.5 Å². The highest BCUT2D eigenvalue weighted by Gasteiger charge is 2.71. The van der Waals surface area contributed by atoms with Crippen LogP contribution in [0.5, 0.6) is 0 Å². The smallest absolute Gasteiger partial charge is 0.100 e. The van der Waals surface area contributed by atoms with Crippen molar-refractivity contribution in [2.75, 3.05) is 0 Å². The molecule has 0 N–H and O–H groups in total. The molecule has 5 aliphatic rings. The van der Waals surface area contributed by atoms with Gasteiger partial charge in [0, 0.05) is 11.8 Å². The number of hydrogen-bond acceptors (Lipinski definition) is 2. The molecule has 24 heavy (non-hydrogen) atoms. The van der Waals surface area contributed by atoms with Crippen molar-refractivity contribution in [2.24, 2.45) is 47.3 Å². The van der Waals surface area contributed by atoms with Crippen LogP contribution in [0.3, 0.4) is 0 Å². The first-order chi connectivity index (χ1) is 11.1. The summed E-state index contributed by atoms with van der Waals surface area (Å²) >= 11 is 0. The maximum atomic E-state index is 6.61. The van der Waals surface area contributed by atoms with E-state index in [9.17, 15) is 0 Å². The van der Waals surface area contributed by atoms with Crippen LogP contribution < -0.4 is 0 Å². The third-order valence-electron chi connectivity index (χ3n) is 7.12. The molecule has 5 aliphatic carbocycles. The van der Waals surface area contributed by atoms with E-state index in [1.54, 1.807) is 0 Å². The van der Waals surface area contributed by atoms with Crippen LogP contribution in [-0.4, -0.2) is 17.3 Å². The minimum absolute atomic E-state index is 0.0390. The Morgan fingerprint density at radius 1 is 0.875 bits per heavy atom. The first-order valence-electron chi connectivity index (χ1n) is 9.91. The molecule has 2 nitrogen and oxygen atoms in total. The number of fused-ring (bicyclic) bond motifs is 1. The van der Waals surface area contributed by atoms with Crippen LogP contribution in [0, 0.1) is 47.3 Å². The summed E-state index contributed by atoms with van der Waals surface area (Å²) in [7, 11) is 0. The lowest BCUT2D eigenvalue weighted by molar-refractivity contribution is -0.0913. The van der Waals surface area contributed by atoms with Gasteiger partial charge in [-0.05, 0) is 89.5 Å². The minimum atomic E-state index is -0.0822. The summed E-state index contributed by atoms with van der Waals surface area (Å²) in [4.78, 5) is 0. The van der Waals surface area contributed by atoms with E-state index < -0.39 is 0 Å². The van der Waals surface area contributed by atoms with Gasteiger partial charge in [-0.15, -0.1) is 0 Å². The van der Waals surface area contributed by atoms with E-state index in [1.165, 1.54) is 12.2 Å². The molecule has 0 bridgehead atoms. The van der Waals surface area contributed by atoms with Crippen LogP contribution in [0.4, 0.5) is 0 Å². The number of ether oxygens (including phenoxy) is 2. The summed E-state index contributed by atoms with van der Waals surface area (Å²) in [5.41, 5.74) is -0.121. The molecular formula is C22H32O2. The highest BCUT2D eigenvalue weighted by molar-refractivity contribution is 5.34. The van der Waals surface area contributed by atoms with E-state index in [-0.39, 0.29) is 11.2 Å². The van der Waals surface area contributed by atoms with Crippen molar-refractivity contribution in [3.05, 3.63) is 24.0 Å². The molecule has 0 aromatic carbocycles. The van der Waals surface area contributed by atoms with Crippen molar-refractivity contribution in [1.29, 1.82) is 0 Å². The molecule has 0 saturated heterocycles. The van der Waals surface area contributed by atoms with Gasteiger partial charge in [-0.25, -0.2) is 0 Å². The van der Waals surface area contributed by atoms with Crippen LogP contribution in [0.1, 0.15) is 48.0 Å². The van der Waals surface area contributed by atoms with Gasteiger partial charge in [0.1, 0.15) is 5.60 Å². The number of rotatable bonds is 2. The van der Waals surface area contributed by atoms with Crippen molar-refractivity contribution in [1.82, 2.24) is 0 Å². The van der Waals surface area contributed by atoms with Gasteiger partial charge in [-0.2, -0.15) is 0 Å². The summed E-state index contributed by atoms with van der Waals surface area (Å²) in [6.07, 6.45) is 9.29. The molecule has 132 valence electrons. The molecule has 0 radical (unpaired) electrons. The lowest BCUT2D eigenvalue weighted by Crippen LogP contribution is -2.34. The van der Waals surface area contributed by atoms with Gasteiger partial charge in [0.25, 0.3) is 0 Å². The van der Waals surface area contributed by atoms with Crippen LogP contribution in [0.25, 0.3) is 0 Å². The zero-order valence-corrected chi connectivity index (χ0v) is 16.0. The molecule has 2 heteroatoms. The predicted octanol–water partition coefficient (Wildman–Crippen LogP) is 4.81. The summed E-state index contributed by atoms with van der Waals surface area (Å²) in [6.45, 7) is 13.2. The van der Waals surface area contributed by atoms with Gasteiger partial charge in [-0.1, -0.05) is 12.2 Å². The monoisotopic (exact) mass is 328 g/mol. The SMILES string of the molecule is CC(C)(C)OC1=C[C@@H]2C[C@@H]3[C@H](OC(C)(C)C)[C@@H]4C=C[C@H]5[C@@H]1[C@@H]2[C@@H]3[C@@H]45. The molecule has 9 atom stereocenters. The fraction of sp³-hybridized carbons (Fsp3) is 0.818. The van der Waals surface area contributed by atoms with E-state index in [1.807, 2.05) is 0 Å². The highest BCUT2D eigenvalue weighted by atomic mass is 16.5. The average Bonchev–Trinajstić information content (AvgIpc) is 3.08. The van der Waals surface area contributed by atoms with Crippen LogP contribution in [0.15, 0.2) is 24.0 Å². The van der Waals surface area contributed by atoms with Gasteiger partial charge in [0.15, 0.2) is 0 Å². The Morgan fingerprint density at radius 2 is 1.58 bits per heavy atom. The fourth-order valence-electron chi connectivity index (χ4n) is 7.02. The maximum absolute atomic E-state index is 6.61. The molecule has 0 amide bonds. The van der Waals surface area contributed by atoms with Gasteiger partial charge >= 0.3 is 0 Å². The van der Waals surface area contributed by atoms with Crippen molar-refractivity contribution >= 4 is 0 Å². The lowest BCUT2D eigenvalue weighted by Gasteiger charge is -2.32. The Morgan fingerprint density at radius 3 is 2.25 bits per heavy atom. The second-order valence-electron chi connectivity index (χ2n) is 10.8. The van der Waals surface area contributed by atoms with Crippen molar-refractivity contribution in [3.8, 4) is 0 Å². The lowest BCUT2D eigenvalue weighted by atomic mass is 9.87. The molecule has 0 heterocycles. The van der Waals surface area contributed by atoms with Crippen molar-refractivity contribution in [3.63, 3.8) is 0 Å². The Bertz CT molecular complexity index is 615. The van der Waals surface area contributed by atoms with Gasteiger partial charge in [0.2, 0.25) is 0 Å². The quantitative estimate of drug-likeness (QED) is 0.677. The van der Waals surface area contributed by atoms with Gasteiger partial charge < -0.3 is 9.47 Å². The molecule has 0 aliphatic heterocycles. The standard InChI is InChI=1S/C22H32O2/c1-21(2,3)23-15-10-11-9-14-19-16(11)18(15)12-7-8-13(17(12)19)20(14)24-22(4,5)6/h7-8,10-14,16-20H,9H2,1-6H3/t11-,12+,13+,14-,16+,17+,18-,19+,20+/m0/s1. The molecule has 0 unspecified atom stereocenters. The second-order valence-corrected chi connectivity index (χ2v) is 10.8. The fourth-order valence-corrected chi connectivity index (χ4v) is 7.02. The zero-order chi connectivity index (χ0) is 17.0. The van der Waals surface area contributed by atoms with Crippen molar-refractivity contribution < 1.29 is 9.47 Å². The minimum Gasteiger partial charge on any atom is -0.492 e. The van der Waals surface area contributed by atoms with Crippen LogP contribution >= 0.6 is 0 Å². The van der Waals surface area contributed by atoms with Crippen LogP contribution in [-0.2, 0) is 9.47 Å². The summed E-state index contributed by atoms with van der Waals surface area (Å²) in [6, 6.07) is 0.